The standard InChI is InChI=1S/C25H30ClN5O4S.C13H13Cl2N3O2S.C13H19NO2/c1-15(2)36(33,34)22-10-8-7-9-19(22)29-23-18(26)13-27-24(31-23)30-20-11-16(3)17(12-21(20)35-6)25(4,5)28-14-32;1-8(2)21(19,20)11-6-4-3-5-10(11)17-12-9(14)7-16-13(15)18-12;1-9-7-11(14)12(16-4)8-10(9)13(2,3)5-6-15/h7-15H,1-6H3,(H,28,32)(H2,27,29,30,31);3-8H,1-2H3,(H,16,17,18);6-8H,5,14H2,1-4H3. The Morgan fingerprint density at radius 2 is 1.14 bits per heavy atom. The fourth-order valence-corrected chi connectivity index (χ4v) is 10.1. The number of nitrogens with one attached hydrogen (secondary N) is 4. The molecule has 4 aromatic carbocycles. The number of nitrogen functional groups attached to an aromatic ring is 1. The van der Waals surface area contributed by atoms with Crippen LogP contribution in [0.25, 0.3) is 0 Å². The Bertz CT molecular complexity index is 3160. The minimum atomic E-state index is -3.54. The second-order valence-electron chi connectivity index (χ2n) is 18.2. The fourth-order valence-electron chi connectivity index (χ4n) is 7.26. The zero-order valence-corrected chi connectivity index (χ0v) is 46.6. The van der Waals surface area contributed by atoms with E-state index in [2.05, 4.69) is 41.2 Å². The topological polar surface area (TPSA) is 247 Å². The molecule has 17 nitrogen and oxygen atoms in total. The van der Waals surface area contributed by atoms with E-state index in [0.29, 0.717) is 47.1 Å². The Hall–Kier alpha value is -6.25. The van der Waals surface area contributed by atoms with Gasteiger partial charge < -0.3 is 41.3 Å². The molecule has 0 saturated carbocycles. The maximum Gasteiger partial charge on any atom is 0.229 e. The highest BCUT2D eigenvalue weighted by Gasteiger charge is 2.27. The molecule has 6 rings (SSSR count). The van der Waals surface area contributed by atoms with Crippen molar-refractivity contribution in [2.24, 2.45) is 0 Å². The van der Waals surface area contributed by atoms with Crippen molar-refractivity contribution in [2.75, 3.05) is 35.9 Å². The number of nitrogens with zero attached hydrogens (tertiary/aromatic N) is 4. The van der Waals surface area contributed by atoms with Crippen molar-refractivity contribution in [3.05, 3.63) is 123 Å². The average Bonchev–Trinajstić information content (AvgIpc) is 3.31. The zero-order valence-electron chi connectivity index (χ0n) is 42.7. The lowest BCUT2D eigenvalue weighted by molar-refractivity contribution is -0.111. The molecule has 0 radical (unpaired) electrons. The highest BCUT2D eigenvalue weighted by atomic mass is 35.5. The number of aryl methyl sites for hydroxylation is 2. The van der Waals surface area contributed by atoms with Crippen molar-refractivity contribution in [2.45, 2.75) is 107 Å². The molecule has 392 valence electrons. The zero-order chi connectivity index (χ0) is 54.6. The molecule has 0 fully saturated rings. The summed E-state index contributed by atoms with van der Waals surface area (Å²) in [6.07, 6.45) is 4.87. The van der Waals surface area contributed by atoms with Crippen LogP contribution in [0, 0.1) is 13.8 Å². The van der Waals surface area contributed by atoms with Gasteiger partial charge in [0.05, 0.1) is 75.2 Å². The second kappa shape index (κ2) is 25.1. The lowest BCUT2D eigenvalue weighted by Crippen LogP contribution is -2.36. The van der Waals surface area contributed by atoms with Crippen LogP contribution in [0.4, 0.5) is 40.3 Å². The largest absolute Gasteiger partial charge is 0.495 e. The maximum atomic E-state index is 12.8. The number of aldehydes is 1. The predicted octanol–water partition coefficient (Wildman–Crippen LogP) is 11.3. The molecule has 0 unspecified atom stereocenters. The summed E-state index contributed by atoms with van der Waals surface area (Å²) in [4.78, 5) is 38.5. The van der Waals surface area contributed by atoms with Crippen LogP contribution in [0.5, 0.6) is 11.5 Å². The van der Waals surface area contributed by atoms with E-state index >= 15 is 0 Å². The number of anilines is 7. The van der Waals surface area contributed by atoms with Gasteiger partial charge in [-0.25, -0.2) is 26.8 Å². The van der Waals surface area contributed by atoms with Crippen LogP contribution in [0.1, 0.15) is 84.1 Å². The van der Waals surface area contributed by atoms with E-state index in [0.717, 1.165) is 28.5 Å². The molecule has 0 saturated heterocycles. The van der Waals surface area contributed by atoms with E-state index in [1.807, 2.05) is 65.8 Å². The lowest BCUT2D eigenvalue weighted by atomic mass is 9.79. The number of amides is 1. The monoisotopic (exact) mass is 1100 g/mol. The Morgan fingerprint density at radius 1 is 0.658 bits per heavy atom. The minimum Gasteiger partial charge on any atom is -0.495 e. The third-order valence-electron chi connectivity index (χ3n) is 11.4. The van der Waals surface area contributed by atoms with Gasteiger partial charge in [0, 0.05) is 6.42 Å². The molecule has 0 bridgehead atoms. The molecular weight excluding hydrogens is 1040 g/mol. The SMILES string of the molecule is CC(C)S(=O)(=O)c1ccccc1Nc1nc(Cl)ncc1Cl.COc1cc(C(C)(C)CC=O)c(C)cc1N.COc1cc(C(C)(C)NC=O)c(C)cc1Nc1ncc(Cl)c(Nc2ccccc2S(=O)(=O)C(C)C)n1. The summed E-state index contributed by atoms with van der Waals surface area (Å²) < 4.78 is 61.1. The third-order valence-corrected chi connectivity index (χ3v) is 16.5. The quantitative estimate of drug-likeness (QED) is 0.0305. The molecule has 6 N–H and O–H groups in total. The Balaban J connectivity index is 0.000000263. The molecule has 73 heavy (non-hydrogen) atoms. The number of carbonyl (C=O) groups excluding carboxylic acids is 2. The first-order valence-corrected chi connectivity index (χ1v) is 26.8. The Labute approximate surface area is 443 Å². The predicted molar refractivity (Wildman–Crippen MR) is 292 cm³/mol. The Morgan fingerprint density at radius 3 is 1.63 bits per heavy atom. The minimum absolute atomic E-state index is 0.0195. The van der Waals surface area contributed by atoms with Crippen LogP contribution in [0.3, 0.4) is 0 Å². The normalized spacial score (nSPS) is 11.6. The molecule has 0 atom stereocenters. The van der Waals surface area contributed by atoms with Crippen LogP contribution in [-0.4, -0.2) is 74.2 Å². The van der Waals surface area contributed by atoms with Crippen LogP contribution in [0.15, 0.2) is 95.0 Å². The molecule has 6 aromatic rings. The van der Waals surface area contributed by atoms with Crippen LogP contribution in [-0.2, 0) is 40.2 Å². The van der Waals surface area contributed by atoms with Crippen molar-refractivity contribution in [1.29, 1.82) is 0 Å². The fraction of sp³-hybridized carbons (Fsp3) is 0.333. The molecule has 0 spiro atoms. The van der Waals surface area contributed by atoms with Gasteiger partial charge >= 0.3 is 0 Å². The van der Waals surface area contributed by atoms with Gasteiger partial charge in [-0.15, -0.1) is 0 Å². The maximum absolute atomic E-state index is 12.8. The average molecular weight is 1100 g/mol. The summed E-state index contributed by atoms with van der Waals surface area (Å²) in [5, 5.41) is 11.2. The number of nitrogens with two attached hydrogens (primary N) is 1. The summed E-state index contributed by atoms with van der Waals surface area (Å²) in [6, 6.07) is 20.7. The van der Waals surface area contributed by atoms with Crippen molar-refractivity contribution in [3.63, 3.8) is 0 Å². The first-order valence-electron chi connectivity index (χ1n) is 22.6. The van der Waals surface area contributed by atoms with Gasteiger partial charge in [0.15, 0.2) is 31.3 Å². The number of methoxy groups -OCH3 is 2. The van der Waals surface area contributed by atoms with E-state index in [9.17, 15) is 26.4 Å². The first kappa shape index (κ1) is 59.3. The number of rotatable bonds is 18. The number of aromatic nitrogens is 4. The summed E-state index contributed by atoms with van der Waals surface area (Å²) in [7, 11) is -3.84. The number of para-hydroxylation sites is 2. The van der Waals surface area contributed by atoms with Gasteiger partial charge in [-0.3, -0.25) is 4.79 Å². The number of halogens is 3. The number of hydrogen-bond acceptors (Lipinski definition) is 16. The third kappa shape index (κ3) is 14.9. The van der Waals surface area contributed by atoms with Gasteiger partial charge in [0.1, 0.15) is 27.8 Å². The van der Waals surface area contributed by atoms with E-state index in [4.69, 9.17) is 50.0 Å². The van der Waals surface area contributed by atoms with Gasteiger partial charge in [-0.2, -0.15) is 9.97 Å². The van der Waals surface area contributed by atoms with E-state index in [-0.39, 0.29) is 48.1 Å². The highest BCUT2D eigenvalue weighted by Crippen LogP contribution is 2.38. The van der Waals surface area contributed by atoms with Crippen molar-refractivity contribution >= 4 is 108 Å². The van der Waals surface area contributed by atoms with Gasteiger partial charge in [-0.1, -0.05) is 61.3 Å². The highest BCUT2D eigenvalue weighted by molar-refractivity contribution is 7.92. The molecule has 1 amide bonds. The van der Waals surface area contributed by atoms with Gasteiger partial charge in [0.2, 0.25) is 17.6 Å². The van der Waals surface area contributed by atoms with E-state index < -0.39 is 35.7 Å². The van der Waals surface area contributed by atoms with E-state index in [1.54, 1.807) is 84.4 Å². The molecule has 22 heteroatoms. The summed E-state index contributed by atoms with van der Waals surface area (Å²) in [5.41, 5.74) is 11.0. The first-order chi connectivity index (χ1) is 34.1. The summed E-state index contributed by atoms with van der Waals surface area (Å²) >= 11 is 18.0. The molecule has 0 aliphatic heterocycles. The lowest BCUT2D eigenvalue weighted by Gasteiger charge is -2.27. The van der Waals surface area contributed by atoms with Crippen molar-refractivity contribution < 1.29 is 35.9 Å². The van der Waals surface area contributed by atoms with Crippen LogP contribution < -0.4 is 36.5 Å². The molecule has 0 aliphatic rings. The van der Waals surface area contributed by atoms with E-state index in [1.165, 1.54) is 18.5 Å². The smallest absolute Gasteiger partial charge is 0.229 e. The van der Waals surface area contributed by atoms with Crippen LogP contribution >= 0.6 is 34.8 Å². The molecular formula is C51H62Cl3N9O8S2. The molecule has 2 aromatic heterocycles. The second-order valence-corrected chi connectivity index (χ2v) is 24.3. The number of carbonyl (C=O) groups is 2. The van der Waals surface area contributed by atoms with Gasteiger partial charge in [0.25, 0.3) is 0 Å². The Kier molecular flexibility index (Phi) is 20.4. The number of benzene rings is 4. The van der Waals surface area contributed by atoms with Crippen LogP contribution in [0.2, 0.25) is 15.3 Å². The number of ether oxygens (including phenoxy) is 2. The number of hydrogen-bond donors (Lipinski definition) is 5. The summed E-state index contributed by atoms with van der Waals surface area (Å²) in [6.45, 7) is 18.3. The van der Waals surface area contributed by atoms with Crippen molar-refractivity contribution in [1.82, 2.24) is 25.3 Å². The molecule has 2 heterocycles. The van der Waals surface area contributed by atoms with Gasteiger partial charge in [-0.05, 0) is 143 Å². The summed E-state index contributed by atoms with van der Waals surface area (Å²) in [5.74, 6) is 1.91. The molecule has 0 aliphatic carbocycles. The van der Waals surface area contributed by atoms with Crippen molar-refractivity contribution in [3.8, 4) is 11.5 Å². The number of sulfone groups is 2.